The Bertz CT molecular complexity index is 1020. The van der Waals surface area contributed by atoms with Crippen molar-refractivity contribution < 1.29 is 13.9 Å². The van der Waals surface area contributed by atoms with Crippen molar-refractivity contribution in [2.45, 2.75) is 6.42 Å². The van der Waals surface area contributed by atoms with Crippen molar-refractivity contribution in [2.24, 2.45) is 0 Å². The number of rotatable bonds is 5. The Labute approximate surface area is 153 Å². The van der Waals surface area contributed by atoms with E-state index < -0.39 is 0 Å². The Balaban J connectivity index is 1.63. The summed E-state index contributed by atoms with van der Waals surface area (Å²) in [7, 11) is 1.56. The molecule has 0 radical (unpaired) electrons. The van der Waals surface area contributed by atoms with Gasteiger partial charge in [-0.25, -0.2) is 4.98 Å². The number of pyridine rings is 1. The number of anilines is 1. The molecule has 1 amide bonds. The van der Waals surface area contributed by atoms with Crippen LogP contribution in [0.3, 0.4) is 0 Å². The Hall–Kier alpha value is -3.19. The van der Waals surface area contributed by atoms with Gasteiger partial charge in [-0.15, -0.1) is 0 Å². The molecule has 3 aromatic heterocycles. The Morgan fingerprint density at radius 1 is 1.31 bits per heavy atom. The zero-order chi connectivity index (χ0) is 17.9. The molecular formula is C19H15N3O3S. The van der Waals surface area contributed by atoms with Crippen molar-refractivity contribution >= 4 is 34.2 Å². The van der Waals surface area contributed by atoms with Gasteiger partial charge in [0, 0.05) is 11.8 Å². The highest BCUT2D eigenvalue weighted by Gasteiger charge is 2.14. The van der Waals surface area contributed by atoms with Gasteiger partial charge in [0.1, 0.15) is 5.75 Å². The van der Waals surface area contributed by atoms with Gasteiger partial charge in [0.25, 0.3) is 0 Å². The van der Waals surface area contributed by atoms with E-state index in [0.29, 0.717) is 35.0 Å². The van der Waals surface area contributed by atoms with E-state index in [1.165, 1.54) is 0 Å². The smallest absolute Gasteiger partial charge is 0.228 e. The predicted octanol–water partition coefficient (Wildman–Crippen LogP) is 4.14. The van der Waals surface area contributed by atoms with E-state index in [4.69, 9.17) is 9.15 Å². The average Bonchev–Trinajstić information content (AvgIpc) is 3.30. The minimum atomic E-state index is -0.113. The number of nitrogens with one attached hydrogen (secondary N) is 1. The predicted molar refractivity (Wildman–Crippen MR) is 100 cm³/mol. The summed E-state index contributed by atoms with van der Waals surface area (Å²) in [6.45, 7) is 0. The number of ether oxygens (including phenoxy) is 1. The van der Waals surface area contributed by atoms with E-state index in [1.54, 1.807) is 42.8 Å². The number of aromatic nitrogens is 2. The number of oxazole rings is 1. The topological polar surface area (TPSA) is 77.2 Å². The summed E-state index contributed by atoms with van der Waals surface area (Å²) in [5.41, 5.74) is 3.44. The summed E-state index contributed by atoms with van der Waals surface area (Å²) in [5.74, 6) is 0.898. The van der Waals surface area contributed by atoms with Crippen LogP contribution in [0.5, 0.6) is 5.75 Å². The van der Waals surface area contributed by atoms with E-state index in [9.17, 15) is 4.79 Å². The van der Waals surface area contributed by atoms with E-state index >= 15 is 0 Å². The van der Waals surface area contributed by atoms with E-state index in [2.05, 4.69) is 15.3 Å². The third-order valence-electron chi connectivity index (χ3n) is 3.83. The van der Waals surface area contributed by atoms with Crippen LogP contribution in [0.15, 0.2) is 57.8 Å². The maximum atomic E-state index is 12.3. The molecule has 1 N–H and O–H groups in total. The fourth-order valence-corrected chi connectivity index (χ4v) is 3.27. The SMILES string of the molecule is COc1ccc(-c2nc3ncccc3o2)cc1NC(=O)Cc1ccsc1. The lowest BCUT2D eigenvalue weighted by molar-refractivity contribution is -0.115. The molecular weight excluding hydrogens is 350 g/mol. The molecule has 0 atom stereocenters. The fraction of sp³-hybridized carbons (Fsp3) is 0.105. The first-order valence-electron chi connectivity index (χ1n) is 7.94. The normalized spacial score (nSPS) is 10.8. The molecule has 3 heterocycles. The Morgan fingerprint density at radius 3 is 3.00 bits per heavy atom. The summed E-state index contributed by atoms with van der Waals surface area (Å²) in [6.07, 6.45) is 1.97. The van der Waals surface area contributed by atoms with Gasteiger partial charge in [-0.2, -0.15) is 16.3 Å². The molecule has 130 valence electrons. The van der Waals surface area contributed by atoms with Gasteiger partial charge in [-0.1, -0.05) is 0 Å². The van der Waals surface area contributed by atoms with Gasteiger partial charge in [0.15, 0.2) is 11.2 Å². The number of benzene rings is 1. The molecule has 7 heteroatoms. The number of thiophene rings is 1. The van der Waals surface area contributed by atoms with Crippen molar-refractivity contribution in [3.05, 3.63) is 58.9 Å². The molecule has 0 aliphatic rings. The van der Waals surface area contributed by atoms with Gasteiger partial charge in [0.2, 0.25) is 11.8 Å². The van der Waals surface area contributed by atoms with Crippen LogP contribution >= 0.6 is 11.3 Å². The third-order valence-corrected chi connectivity index (χ3v) is 4.56. The molecule has 0 unspecified atom stereocenters. The molecule has 4 rings (SSSR count). The molecule has 0 aliphatic carbocycles. The number of amides is 1. The lowest BCUT2D eigenvalue weighted by Crippen LogP contribution is -2.14. The summed E-state index contributed by atoms with van der Waals surface area (Å²) < 4.78 is 11.1. The van der Waals surface area contributed by atoms with E-state index in [-0.39, 0.29) is 5.91 Å². The standard InChI is InChI=1S/C19H15N3O3S/c1-24-15-5-4-13(19-22-18-16(25-19)3-2-7-20-18)10-14(15)21-17(23)9-12-6-8-26-11-12/h2-8,10-11H,9H2,1H3,(H,21,23). The molecule has 0 bridgehead atoms. The second-order valence-corrected chi connectivity index (χ2v) is 6.40. The number of methoxy groups -OCH3 is 1. The van der Waals surface area contributed by atoms with Crippen LogP contribution in [0.4, 0.5) is 5.69 Å². The van der Waals surface area contributed by atoms with Crippen LogP contribution < -0.4 is 10.1 Å². The highest BCUT2D eigenvalue weighted by atomic mass is 32.1. The first-order valence-corrected chi connectivity index (χ1v) is 8.88. The first kappa shape index (κ1) is 16.3. The third kappa shape index (κ3) is 3.29. The van der Waals surface area contributed by atoms with Gasteiger partial charge in [0.05, 0.1) is 19.2 Å². The fourth-order valence-electron chi connectivity index (χ4n) is 2.60. The number of fused-ring (bicyclic) bond motifs is 1. The van der Waals surface area contributed by atoms with Crippen molar-refractivity contribution in [3.63, 3.8) is 0 Å². The molecule has 0 aliphatic heterocycles. The van der Waals surface area contributed by atoms with Crippen LogP contribution in [-0.2, 0) is 11.2 Å². The van der Waals surface area contributed by atoms with Crippen molar-refractivity contribution in [2.75, 3.05) is 12.4 Å². The largest absolute Gasteiger partial charge is 0.495 e. The minimum Gasteiger partial charge on any atom is -0.495 e. The maximum absolute atomic E-state index is 12.3. The molecule has 1 aromatic carbocycles. The lowest BCUT2D eigenvalue weighted by atomic mass is 10.1. The summed E-state index contributed by atoms with van der Waals surface area (Å²) in [6, 6.07) is 10.9. The van der Waals surface area contributed by atoms with Gasteiger partial charge >= 0.3 is 0 Å². The van der Waals surface area contributed by atoms with Crippen LogP contribution in [-0.4, -0.2) is 23.0 Å². The molecule has 4 aromatic rings. The highest BCUT2D eigenvalue weighted by molar-refractivity contribution is 7.08. The number of hydrogen-bond acceptors (Lipinski definition) is 6. The van der Waals surface area contributed by atoms with Crippen molar-refractivity contribution in [1.29, 1.82) is 0 Å². The summed E-state index contributed by atoms with van der Waals surface area (Å²) >= 11 is 1.57. The number of carbonyl (C=O) groups is 1. The van der Waals surface area contributed by atoms with Crippen molar-refractivity contribution in [3.8, 4) is 17.2 Å². The number of hydrogen-bond donors (Lipinski definition) is 1. The van der Waals surface area contributed by atoms with E-state index in [0.717, 1.165) is 11.1 Å². The quantitative estimate of drug-likeness (QED) is 0.575. The minimum absolute atomic E-state index is 0.113. The summed E-state index contributed by atoms with van der Waals surface area (Å²) in [5, 5.41) is 6.81. The zero-order valence-corrected chi connectivity index (χ0v) is 14.7. The maximum Gasteiger partial charge on any atom is 0.228 e. The van der Waals surface area contributed by atoms with Gasteiger partial charge in [-0.05, 0) is 52.7 Å². The van der Waals surface area contributed by atoms with Gasteiger partial charge < -0.3 is 14.5 Å². The first-order chi connectivity index (χ1) is 12.7. The Kier molecular flexibility index (Phi) is 4.37. The lowest BCUT2D eigenvalue weighted by Gasteiger charge is -2.11. The molecule has 0 fully saturated rings. The molecule has 0 spiro atoms. The molecule has 26 heavy (non-hydrogen) atoms. The van der Waals surface area contributed by atoms with Crippen LogP contribution in [0.25, 0.3) is 22.7 Å². The van der Waals surface area contributed by atoms with Crippen LogP contribution in [0.1, 0.15) is 5.56 Å². The highest BCUT2D eigenvalue weighted by Crippen LogP contribution is 2.31. The van der Waals surface area contributed by atoms with Gasteiger partial charge in [-0.3, -0.25) is 4.79 Å². The molecule has 0 saturated carbocycles. The number of carbonyl (C=O) groups excluding carboxylic acids is 1. The molecule has 6 nitrogen and oxygen atoms in total. The summed E-state index contributed by atoms with van der Waals surface area (Å²) in [4.78, 5) is 20.9. The van der Waals surface area contributed by atoms with Crippen LogP contribution in [0, 0.1) is 0 Å². The zero-order valence-electron chi connectivity index (χ0n) is 13.9. The molecule has 0 saturated heterocycles. The van der Waals surface area contributed by atoms with Crippen LogP contribution in [0.2, 0.25) is 0 Å². The van der Waals surface area contributed by atoms with Crippen molar-refractivity contribution in [1.82, 2.24) is 9.97 Å². The second kappa shape index (κ2) is 6.97. The average molecular weight is 365 g/mol. The Morgan fingerprint density at radius 2 is 2.23 bits per heavy atom. The monoisotopic (exact) mass is 365 g/mol. The number of nitrogens with zero attached hydrogens (tertiary/aromatic N) is 2. The van der Waals surface area contributed by atoms with E-state index in [1.807, 2.05) is 29.0 Å². The second-order valence-electron chi connectivity index (χ2n) is 5.62.